The number of carbonyl (C=O) groups is 1. The van der Waals surface area contributed by atoms with Crippen molar-refractivity contribution in [1.82, 2.24) is 5.32 Å². The van der Waals surface area contributed by atoms with E-state index in [0.717, 1.165) is 39.6 Å². The summed E-state index contributed by atoms with van der Waals surface area (Å²) in [5.74, 6) is 1.33. The Morgan fingerprint density at radius 1 is 1.12 bits per heavy atom. The van der Waals surface area contributed by atoms with E-state index in [-0.39, 0.29) is 25.5 Å². The molecule has 3 aromatic rings. The first kappa shape index (κ1) is 28.7. The zero-order valence-electron chi connectivity index (χ0n) is 22.6. The first-order valence-corrected chi connectivity index (χ1v) is 14.5. The molecular formula is C31H32BrN5O4. The summed E-state index contributed by atoms with van der Waals surface area (Å²) in [7, 11) is 0. The highest BCUT2D eigenvalue weighted by Gasteiger charge is 2.53. The number of aliphatic imine (C=N–C) groups is 1. The van der Waals surface area contributed by atoms with E-state index in [9.17, 15) is 4.79 Å². The van der Waals surface area contributed by atoms with Gasteiger partial charge >= 0.3 is 0 Å². The molecule has 41 heavy (non-hydrogen) atoms. The molecule has 2 N–H and O–H groups in total. The van der Waals surface area contributed by atoms with Gasteiger partial charge in [0.15, 0.2) is 11.6 Å². The monoisotopic (exact) mass is 617 g/mol. The number of azide groups is 1. The van der Waals surface area contributed by atoms with Gasteiger partial charge in [0.25, 0.3) is 5.91 Å². The lowest BCUT2D eigenvalue weighted by Gasteiger charge is -2.31. The van der Waals surface area contributed by atoms with Crippen LogP contribution in [0.1, 0.15) is 47.6 Å². The molecule has 1 heterocycles. The second-order valence-electron chi connectivity index (χ2n) is 10.3. The van der Waals surface area contributed by atoms with Crippen LogP contribution in [0, 0.1) is 5.92 Å². The SMILES string of the molecule is [N-]=[N+]=NCc1ccccc1C[C@@]1(C(=O)NCC2CC2)N=C(c2ccc(OCCCO)cc2)O[C@@H]1c1ccc(Br)cc1. The van der Waals surface area contributed by atoms with Gasteiger partial charge in [-0.1, -0.05) is 57.4 Å². The molecule has 212 valence electrons. The molecule has 1 aliphatic heterocycles. The first-order chi connectivity index (χ1) is 20.0. The average molecular weight is 619 g/mol. The van der Waals surface area contributed by atoms with Crippen LogP contribution in [0.15, 0.2) is 87.4 Å². The summed E-state index contributed by atoms with van der Waals surface area (Å²) in [6.07, 6.45) is 2.32. The molecule has 9 nitrogen and oxygen atoms in total. The quantitative estimate of drug-likeness (QED) is 0.105. The van der Waals surface area contributed by atoms with E-state index < -0.39 is 11.6 Å². The second-order valence-corrected chi connectivity index (χ2v) is 11.2. The molecule has 10 heteroatoms. The highest BCUT2D eigenvalue weighted by Crippen LogP contribution is 2.43. The highest BCUT2D eigenvalue weighted by molar-refractivity contribution is 9.10. The Labute approximate surface area is 247 Å². The van der Waals surface area contributed by atoms with Crippen molar-refractivity contribution < 1.29 is 19.4 Å². The molecule has 1 saturated carbocycles. The van der Waals surface area contributed by atoms with Gasteiger partial charge in [-0.25, -0.2) is 4.99 Å². The van der Waals surface area contributed by atoms with Crippen LogP contribution in [0.2, 0.25) is 0 Å². The molecule has 1 amide bonds. The fourth-order valence-corrected chi connectivity index (χ4v) is 5.18. The largest absolute Gasteiger partial charge is 0.494 e. The minimum Gasteiger partial charge on any atom is -0.494 e. The summed E-state index contributed by atoms with van der Waals surface area (Å²) in [6.45, 7) is 1.25. The lowest BCUT2D eigenvalue weighted by atomic mass is 9.81. The van der Waals surface area contributed by atoms with Crippen molar-refractivity contribution >= 4 is 27.7 Å². The Kier molecular flexibility index (Phi) is 9.24. The van der Waals surface area contributed by atoms with E-state index in [1.807, 2.05) is 72.8 Å². The van der Waals surface area contributed by atoms with Gasteiger partial charge in [0, 0.05) is 40.9 Å². The molecule has 0 radical (unpaired) electrons. The van der Waals surface area contributed by atoms with E-state index in [1.165, 1.54) is 0 Å². The summed E-state index contributed by atoms with van der Waals surface area (Å²) in [6, 6.07) is 22.8. The Bertz CT molecular complexity index is 1440. The van der Waals surface area contributed by atoms with Crippen molar-refractivity contribution in [3.8, 4) is 5.75 Å². The third-order valence-electron chi connectivity index (χ3n) is 7.33. The standard InChI is InChI=1S/C31H32BrN5O4/c32-26-12-8-22(9-13-26)28-31(30(39)34-19-21-6-7-21,18-24-4-1-2-5-25(24)20-35-37-33)36-29(41-28)23-10-14-27(15-11-23)40-17-3-16-38/h1-2,4-5,8-15,21,28,38H,3,6-7,16-20H2,(H,34,39)/t28-,31-/m1/s1. The van der Waals surface area contributed by atoms with Crippen molar-refractivity contribution in [2.45, 2.75) is 43.9 Å². The average Bonchev–Trinajstić information content (AvgIpc) is 3.75. The predicted octanol–water partition coefficient (Wildman–Crippen LogP) is 6.05. The molecule has 0 aromatic heterocycles. The van der Waals surface area contributed by atoms with Crippen molar-refractivity contribution in [3.63, 3.8) is 0 Å². The van der Waals surface area contributed by atoms with Gasteiger partial charge in [0.2, 0.25) is 5.90 Å². The molecule has 2 aliphatic rings. The number of ether oxygens (including phenoxy) is 2. The van der Waals surface area contributed by atoms with Gasteiger partial charge in [-0.05, 0) is 77.4 Å². The summed E-state index contributed by atoms with van der Waals surface area (Å²) >= 11 is 3.51. The highest BCUT2D eigenvalue weighted by atomic mass is 79.9. The Morgan fingerprint density at radius 2 is 1.85 bits per heavy atom. The van der Waals surface area contributed by atoms with Gasteiger partial charge in [-0.15, -0.1) is 0 Å². The van der Waals surface area contributed by atoms with Crippen LogP contribution in [0.4, 0.5) is 0 Å². The second kappa shape index (κ2) is 13.2. The molecule has 2 atom stereocenters. The topological polar surface area (TPSA) is 129 Å². The number of rotatable bonds is 13. The van der Waals surface area contributed by atoms with E-state index in [2.05, 4.69) is 31.3 Å². The predicted molar refractivity (Wildman–Crippen MR) is 160 cm³/mol. The number of aliphatic hydroxyl groups excluding tert-OH is 1. The van der Waals surface area contributed by atoms with Gasteiger partial charge < -0.3 is 19.9 Å². The van der Waals surface area contributed by atoms with Crippen LogP contribution in [-0.2, 0) is 22.5 Å². The van der Waals surface area contributed by atoms with Crippen molar-refractivity contribution in [2.75, 3.05) is 19.8 Å². The van der Waals surface area contributed by atoms with Crippen LogP contribution in [0.25, 0.3) is 10.4 Å². The molecule has 0 spiro atoms. The number of carbonyl (C=O) groups excluding carboxylic acids is 1. The Morgan fingerprint density at radius 3 is 2.54 bits per heavy atom. The van der Waals surface area contributed by atoms with E-state index in [4.69, 9.17) is 25.1 Å². The van der Waals surface area contributed by atoms with Crippen molar-refractivity contribution in [1.29, 1.82) is 0 Å². The van der Waals surface area contributed by atoms with E-state index >= 15 is 0 Å². The molecular weight excluding hydrogens is 586 g/mol. The van der Waals surface area contributed by atoms with Crippen LogP contribution in [0.3, 0.4) is 0 Å². The first-order valence-electron chi connectivity index (χ1n) is 13.7. The van der Waals surface area contributed by atoms with Crippen molar-refractivity contribution in [2.24, 2.45) is 16.0 Å². The fourth-order valence-electron chi connectivity index (χ4n) is 4.91. The van der Waals surface area contributed by atoms with Crippen LogP contribution >= 0.6 is 15.9 Å². The number of aliphatic hydroxyl groups is 1. The molecule has 0 saturated heterocycles. The summed E-state index contributed by atoms with van der Waals surface area (Å²) in [5.41, 5.74) is 10.9. The Hall–Kier alpha value is -3.85. The number of benzene rings is 3. The lowest BCUT2D eigenvalue weighted by molar-refractivity contribution is -0.129. The number of halogens is 1. The summed E-state index contributed by atoms with van der Waals surface area (Å²) in [4.78, 5) is 22.2. The number of amides is 1. The van der Waals surface area contributed by atoms with Gasteiger partial charge in [0.05, 0.1) is 13.2 Å². The third kappa shape index (κ3) is 6.90. The molecule has 3 aromatic carbocycles. The minimum atomic E-state index is -1.30. The molecule has 1 fully saturated rings. The zero-order chi connectivity index (χ0) is 28.7. The smallest absolute Gasteiger partial charge is 0.252 e. The van der Waals surface area contributed by atoms with Crippen LogP contribution < -0.4 is 10.1 Å². The maximum atomic E-state index is 14.2. The van der Waals surface area contributed by atoms with Crippen LogP contribution in [-0.4, -0.2) is 42.2 Å². The lowest BCUT2D eigenvalue weighted by Crippen LogP contribution is -2.50. The maximum Gasteiger partial charge on any atom is 0.252 e. The van der Waals surface area contributed by atoms with Crippen LogP contribution in [0.5, 0.6) is 5.75 Å². The molecule has 5 rings (SSSR count). The number of hydrogen-bond acceptors (Lipinski definition) is 6. The Balaban J connectivity index is 1.57. The normalized spacial score (nSPS) is 19.6. The van der Waals surface area contributed by atoms with Gasteiger partial charge in [-0.2, -0.15) is 0 Å². The minimum absolute atomic E-state index is 0.0665. The zero-order valence-corrected chi connectivity index (χ0v) is 24.2. The van der Waals surface area contributed by atoms with E-state index in [1.54, 1.807) is 0 Å². The number of hydrogen-bond donors (Lipinski definition) is 2. The van der Waals surface area contributed by atoms with E-state index in [0.29, 0.717) is 37.1 Å². The number of nitrogens with zero attached hydrogens (tertiary/aromatic N) is 4. The summed E-state index contributed by atoms with van der Waals surface area (Å²) in [5, 5.41) is 16.0. The summed E-state index contributed by atoms with van der Waals surface area (Å²) < 4.78 is 13.2. The van der Waals surface area contributed by atoms with Crippen molar-refractivity contribution in [3.05, 3.63) is 110 Å². The van der Waals surface area contributed by atoms with Gasteiger partial charge in [-0.3, -0.25) is 4.79 Å². The molecule has 1 aliphatic carbocycles. The molecule has 0 unspecified atom stereocenters. The van der Waals surface area contributed by atoms with Gasteiger partial charge in [0.1, 0.15) is 5.75 Å². The third-order valence-corrected chi connectivity index (χ3v) is 7.86. The maximum absolute atomic E-state index is 14.2. The number of nitrogens with one attached hydrogen (secondary N) is 1. The fraction of sp³-hybridized carbons (Fsp3) is 0.355. The molecule has 0 bridgehead atoms.